The lowest BCUT2D eigenvalue weighted by Crippen LogP contribution is -2.46. The molecule has 1 aromatic rings. The molecule has 0 saturated carbocycles. The molecular weight excluding hydrogens is 343 g/mol. The highest BCUT2D eigenvalue weighted by Gasteiger charge is 2.15. The van der Waals surface area contributed by atoms with Crippen LogP contribution in [0.15, 0.2) is 18.2 Å². The average Bonchev–Trinajstić information content (AvgIpc) is 2.67. The van der Waals surface area contributed by atoms with Gasteiger partial charge in [-0.2, -0.15) is 0 Å². The summed E-state index contributed by atoms with van der Waals surface area (Å²) in [6.45, 7) is 2.63. The van der Waals surface area contributed by atoms with Crippen molar-refractivity contribution in [1.82, 2.24) is 10.2 Å². The molecule has 7 nitrogen and oxygen atoms in total. The van der Waals surface area contributed by atoms with Crippen LogP contribution in [-0.4, -0.2) is 66.7 Å². The van der Waals surface area contributed by atoms with Crippen molar-refractivity contribution in [2.45, 2.75) is 32.0 Å². The van der Waals surface area contributed by atoms with Gasteiger partial charge in [-0.05, 0) is 37.5 Å². The summed E-state index contributed by atoms with van der Waals surface area (Å²) in [6.07, 6.45) is 1.41. The molecule has 1 heterocycles. The molecule has 26 heavy (non-hydrogen) atoms. The molecule has 1 aromatic carbocycles. The Hall–Kier alpha value is -1.90. The predicted octanol–water partition coefficient (Wildman–Crippen LogP) is 1.27. The van der Waals surface area contributed by atoms with Gasteiger partial charge in [0, 0.05) is 25.2 Å². The molecule has 0 aliphatic carbocycles. The van der Waals surface area contributed by atoms with E-state index in [9.17, 15) is 14.3 Å². The number of urea groups is 1. The normalized spacial score (nSPS) is 15.6. The third-order valence-electron chi connectivity index (χ3n) is 4.17. The average molecular weight is 370 g/mol. The van der Waals surface area contributed by atoms with E-state index in [1.54, 1.807) is 4.90 Å². The molecule has 1 aliphatic heterocycles. The van der Waals surface area contributed by atoms with Crippen molar-refractivity contribution in [3.05, 3.63) is 29.6 Å². The minimum atomic E-state index is -0.646. The van der Waals surface area contributed by atoms with Crippen LogP contribution in [-0.2, 0) is 11.3 Å². The first-order chi connectivity index (χ1) is 12.6. The van der Waals surface area contributed by atoms with Crippen LogP contribution in [0.2, 0.25) is 0 Å². The summed E-state index contributed by atoms with van der Waals surface area (Å²) in [4.78, 5) is 13.6. The van der Waals surface area contributed by atoms with E-state index >= 15 is 0 Å². The first-order valence-corrected chi connectivity index (χ1v) is 8.91. The molecule has 0 bridgehead atoms. The summed E-state index contributed by atoms with van der Waals surface area (Å²) in [5.74, 6) is -0.0770. The van der Waals surface area contributed by atoms with Crippen LogP contribution in [0.25, 0.3) is 0 Å². The third kappa shape index (κ3) is 6.78. The van der Waals surface area contributed by atoms with Crippen LogP contribution in [0.1, 0.15) is 24.8 Å². The minimum absolute atomic E-state index is 0.0758. The molecule has 2 amide bonds. The van der Waals surface area contributed by atoms with Crippen molar-refractivity contribution in [2.75, 3.05) is 39.5 Å². The molecule has 0 spiro atoms. The second-order valence-corrected chi connectivity index (χ2v) is 6.20. The summed E-state index contributed by atoms with van der Waals surface area (Å²) in [5.41, 5.74) is 0.160. The van der Waals surface area contributed by atoms with Gasteiger partial charge in [-0.15, -0.1) is 0 Å². The summed E-state index contributed by atoms with van der Waals surface area (Å²) in [7, 11) is 0. The number of morpholine rings is 1. The number of hydrogen-bond acceptors (Lipinski definition) is 5. The van der Waals surface area contributed by atoms with Gasteiger partial charge in [-0.1, -0.05) is 0 Å². The SMILES string of the molecule is O=C(NCCCC[C@H](O)COc1ccc(F)c(CO)c1)N1CCOCC1. The smallest absolute Gasteiger partial charge is 0.317 e. The molecule has 0 unspecified atom stereocenters. The predicted molar refractivity (Wildman–Crippen MR) is 93.5 cm³/mol. The number of amides is 2. The number of unbranched alkanes of at least 4 members (excludes halogenated alkanes) is 1. The van der Waals surface area contributed by atoms with E-state index in [0.717, 1.165) is 12.8 Å². The zero-order valence-corrected chi connectivity index (χ0v) is 14.8. The van der Waals surface area contributed by atoms with Gasteiger partial charge in [0.1, 0.15) is 18.2 Å². The summed E-state index contributed by atoms with van der Waals surface area (Å²) in [5, 5.41) is 21.8. The van der Waals surface area contributed by atoms with Crippen LogP contribution in [0.4, 0.5) is 9.18 Å². The second kappa shape index (κ2) is 10.9. The number of carbonyl (C=O) groups is 1. The molecule has 3 N–H and O–H groups in total. The molecule has 146 valence electrons. The first kappa shape index (κ1) is 20.4. The molecule has 1 atom stereocenters. The minimum Gasteiger partial charge on any atom is -0.491 e. The van der Waals surface area contributed by atoms with Gasteiger partial charge in [0.2, 0.25) is 0 Å². The van der Waals surface area contributed by atoms with Crippen LogP contribution < -0.4 is 10.1 Å². The number of carbonyl (C=O) groups excluding carboxylic acids is 1. The van der Waals surface area contributed by atoms with Crippen LogP contribution in [0.3, 0.4) is 0 Å². The van der Waals surface area contributed by atoms with Crippen molar-refractivity contribution in [2.24, 2.45) is 0 Å². The van der Waals surface area contributed by atoms with Crippen molar-refractivity contribution >= 4 is 6.03 Å². The number of aliphatic hydroxyl groups is 2. The van der Waals surface area contributed by atoms with Gasteiger partial charge in [-0.3, -0.25) is 0 Å². The Morgan fingerprint density at radius 2 is 2.12 bits per heavy atom. The Morgan fingerprint density at radius 3 is 2.85 bits per heavy atom. The van der Waals surface area contributed by atoms with Gasteiger partial charge in [0.15, 0.2) is 0 Å². The Morgan fingerprint density at radius 1 is 1.35 bits per heavy atom. The van der Waals surface area contributed by atoms with Crippen LogP contribution in [0.5, 0.6) is 5.75 Å². The molecule has 0 radical (unpaired) electrons. The van der Waals surface area contributed by atoms with Gasteiger partial charge in [0.05, 0.1) is 25.9 Å². The van der Waals surface area contributed by atoms with Crippen molar-refractivity contribution in [3.8, 4) is 5.75 Å². The second-order valence-electron chi connectivity index (χ2n) is 6.20. The molecular formula is C18H27FN2O5. The topological polar surface area (TPSA) is 91.3 Å². The highest BCUT2D eigenvalue weighted by Crippen LogP contribution is 2.17. The van der Waals surface area contributed by atoms with E-state index in [4.69, 9.17) is 14.6 Å². The lowest BCUT2D eigenvalue weighted by Gasteiger charge is -2.26. The van der Waals surface area contributed by atoms with Crippen molar-refractivity contribution in [1.29, 1.82) is 0 Å². The number of nitrogens with zero attached hydrogens (tertiary/aromatic N) is 1. The molecule has 1 saturated heterocycles. The summed E-state index contributed by atoms with van der Waals surface area (Å²) < 4.78 is 23.9. The number of benzene rings is 1. The Labute approximate surface area is 152 Å². The first-order valence-electron chi connectivity index (χ1n) is 8.91. The van der Waals surface area contributed by atoms with E-state index in [2.05, 4.69) is 5.32 Å². The van der Waals surface area contributed by atoms with Crippen molar-refractivity contribution < 1.29 is 28.9 Å². The fourth-order valence-electron chi connectivity index (χ4n) is 2.62. The largest absolute Gasteiger partial charge is 0.491 e. The Bertz CT molecular complexity index is 567. The zero-order chi connectivity index (χ0) is 18.8. The van der Waals surface area contributed by atoms with E-state index in [1.165, 1.54) is 18.2 Å². The number of ether oxygens (including phenoxy) is 2. The molecule has 1 fully saturated rings. The Balaban J connectivity index is 1.56. The zero-order valence-electron chi connectivity index (χ0n) is 14.8. The maximum absolute atomic E-state index is 13.3. The number of rotatable bonds is 9. The summed E-state index contributed by atoms with van der Waals surface area (Å²) in [6, 6.07) is 4.03. The number of aliphatic hydroxyl groups excluding tert-OH is 2. The fourth-order valence-corrected chi connectivity index (χ4v) is 2.62. The van der Waals surface area contributed by atoms with E-state index in [0.29, 0.717) is 45.0 Å². The van der Waals surface area contributed by atoms with E-state index < -0.39 is 18.5 Å². The Kier molecular flexibility index (Phi) is 8.60. The lowest BCUT2D eigenvalue weighted by atomic mass is 10.1. The molecule has 2 rings (SSSR count). The quantitative estimate of drug-likeness (QED) is 0.570. The fraction of sp³-hybridized carbons (Fsp3) is 0.611. The van der Waals surface area contributed by atoms with E-state index in [-0.39, 0.29) is 18.2 Å². The van der Waals surface area contributed by atoms with Gasteiger partial charge in [-0.25, -0.2) is 9.18 Å². The molecule has 8 heteroatoms. The third-order valence-corrected chi connectivity index (χ3v) is 4.17. The highest BCUT2D eigenvalue weighted by atomic mass is 19.1. The monoisotopic (exact) mass is 370 g/mol. The van der Waals surface area contributed by atoms with Gasteiger partial charge in [0.25, 0.3) is 0 Å². The van der Waals surface area contributed by atoms with E-state index in [1.807, 2.05) is 0 Å². The lowest BCUT2D eigenvalue weighted by molar-refractivity contribution is 0.0532. The molecule has 1 aliphatic rings. The number of nitrogens with one attached hydrogen (secondary N) is 1. The number of halogens is 1. The standard InChI is InChI=1S/C18H27FN2O5/c19-17-5-4-16(11-14(17)12-22)26-13-15(23)3-1-2-6-20-18(24)21-7-9-25-10-8-21/h4-5,11,15,22-23H,1-3,6-10,12-13H2,(H,20,24)/t15-/m0/s1. The van der Waals surface area contributed by atoms with Crippen LogP contribution >= 0.6 is 0 Å². The van der Waals surface area contributed by atoms with Crippen molar-refractivity contribution in [3.63, 3.8) is 0 Å². The maximum Gasteiger partial charge on any atom is 0.317 e. The number of hydrogen-bond donors (Lipinski definition) is 3. The van der Waals surface area contributed by atoms with Gasteiger partial charge >= 0.3 is 6.03 Å². The van der Waals surface area contributed by atoms with Crippen LogP contribution in [0, 0.1) is 5.82 Å². The maximum atomic E-state index is 13.3. The molecule has 0 aromatic heterocycles. The van der Waals surface area contributed by atoms with Gasteiger partial charge < -0.3 is 29.9 Å². The highest BCUT2D eigenvalue weighted by molar-refractivity contribution is 5.74. The summed E-state index contributed by atoms with van der Waals surface area (Å²) >= 11 is 0.